The van der Waals surface area contributed by atoms with Gasteiger partial charge in [0.1, 0.15) is 0 Å². The highest BCUT2D eigenvalue weighted by atomic mass is 16.2. The van der Waals surface area contributed by atoms with E-state index in [0.717, 1.165) is 19.5 Å². The second kappa shape index (κ2) is 5.57. The van der Waals surface area contributed by atoms with Gasteiger partial charge in [-0.2, -0.15) is 0 Å². The molecule has 18 heavy (non-hydrogen) atoms. The fourth-order valence-corrected chi connectivity index (χ4v) is 2.45. The van der Waals surface area contributed by atoms with Crippen LogP contribution < -0.4 is 5.73 Å². The van der Waals surface area contributed by atoms with E-state index in [1.165, 1.54) is 0 Å². The molecule has 4 heteroatoms. The second-order valence-corrected chi connectivity index (χ2v) is 6.57. The number of carbonyl (C=O) groups is 1. The first kappa shape index (κ1) is 15.4. The van der Waals surface area contributed by atoms with Crippen LogP contribution in [-0.4, -0.2) is 54.0 Å². The van der Waals surface area contributed by atoms with Crippen molar-refractivity contribution in [3.63, 3.8) is 0 Å². The summed E-state index contributed by atoms with van der Waals surface area (Å²) in [5, 5.41) is 0. The number of likely N-dealkylation sites (tertiary alicyclic amines) is 1. The molecule has 1 heterocycles. The minimum Gasteiger partial charge on any atom is -0.342 e. The van der Waals surface area contributed by atoms with Crippen molar-refractivity contribution in [3.8, 4) is 0 Å². The lowest BCUT2D eigenvalue weighted by molar-refractivity contribution is -0.138. The van der Waals surface area contributed by atoms with Gasteiger partial charge in [0.2, 0.25) is 5.91 Å². The molecular formula is C14H29N3O. The minimum absolute atomic E-state index is 0.0517. The van der Waals surface area contributed by atoms with Crippen LogP contribution in [0.5, 0.6) is 0 Å². The molecule has 0 bridgehead atoms. The van der Waals surface area contributed by atoms with Gasteiger partial charge in [-0.1, -0.05) is 13.8 Å². The van der Waals surface area contributed by atoms with Gasteiger partial charge in [-0.25, -0.2) is 0 Å². The molecule has 0 aromatic carbocycles. The first-order valence-corrected chi connectivity index (χ1v) is 6.93. The van der Waals surface area contributed by atoms with Crippen LogP contribution in [-0.2, 0) is 4.79 Å². The molecule has 4 nitrogen and oxygen atoms in total. The Balaban J connectivity index is 2.68. The summed E-state index contributed by atoms with van der Waals surface area (Å²) >= 11 is 0. The summed E-state index contributed by atoms with van der Waals surface area (Å²) in [6.45, 7) is 12.3. The van der Waals surface area contributed by atoms with Gasteiger partial charge >= 0.3 is 0 Å². The van der Waals surface area contributed by atoms with Gasteiger partial charge in [0.25, 0.3) is 0 Å². The molecule has 1 saturated heterocycles. The predicted octanol–water partition coefficient (Wildman–Crippen LogP) is 1.30. The van der Waals surface area contributed by atoms with E-state index in [1.807, 2.05) is 32.7 Å². The molecule has 0 aromatic rings. The summed E-state index contributed by atoms with van der Waals surface area (Å²) in [5.41, 5.74) is 6.22. The Bertz CT molecular complexity index is 301. The van der Waals surface area contributed by atoms with Gasteiger partial charge in [0, 0.05) is 32.2 Å². The van der Waals surface area contributed by atoms with E-state index in [2.05, 4.69) is 18.7 Å². The Kier molecular flexibility index (Phi) is 4.78. The van der Waals surface area contributed by atoms with E-state index < -0.39 is 0 Å². The number of hydrogen-bond acceptors (Lipinski definition) is 3. The van der Waals surface area contributed by atoms with Gasteiger partial charge < -0.3 is 10.6 Å². The lowest BCUT2D eigenvalue weighted by Crippen LogP contribution is -2.57. The Labute approximate surface area is 111 Å². The van der Waals surface area contributed by atoms with Crippen LogP contribution in [0, 0.1) is 5.41 Å². The average Bonchev–Trinajstić information content (AvgIpc) is 2.29. The highest BCUT2D eigenvalue weighted by Gasteiger charge is 2.37. The molecule has 106 valence electrons. The highest BCUT2D eigenvalue weighted by Crippen LogP contribution is 2.29. The van der Waals surface area contributed by atoms with Crippen molar-refractivity contribution < 1.29 is 4.79 Å². The van der Waals surface area contributed by atoms with Crippen molar-refractivity contribution in [2.24, 2.45) is 11.1 Å². The zero-order valence-electron chi connectivity index (χ0n) is 12.7. The van der Waals surface area contributed by atoms with Crippen molar-refractivity contribution in [2.45, 2.75) is 59.2 Å². The van der Waals surface area contributed by atoms with Gasteiger partial charge in [-0.3, -0.25) is 9.69 Å². The maximum atomic E-state index is 12.3. The van der Waals surface area contributed by atoms with Crippen LogP contribution in [0.4, 0.5) is 0 Å². The van der Waals surface area contributed by atoms with Crippen LogP contribution in [0.3, 0.4) is 0 Å². The van der Waals surface area contributed by atoms with Gasteiger partial charge in [-0.15, -0.1) is 0 Å². The Morgan fingerprint density at radius 1 is 1.39 bits per heavy atom. The number of rotatable bonds is 3. The number of nitrogens with zero attached hydrogens (tertiary/aromatic N) is 2. The van der Waals surface area contributed by atoms with Crippen molar-refractivity contribution in [2.75, 3.05) is 20.1 Å². The molecule has 2 N–H and O–H groups in total. The van der Waals surface area contributed by atoms with Crippen LogP contribution in [0.25, 0.3) is 0 Å². The maximum Gasteiger partial charge on any atom is 0.239 e. The van der Waals surface area contributed by atoms with Crippen LogP contribution in [0.1, 0.15) is 41.0 Å². The monoisotopic (exact) mass is 255 g/mol. The smallest absolute Gasteiger partial charge is 0.239 e. The first-order valence-electron chi connectivity index (χ1n) is 6.93. The SMILES string of the molecule is CC(C(=O)N(C)C(C)C)N1CCC(N)C(C)(C)C1. The highest BCUT2D eigenvalue weighted by molar-refractivity contribution is 5.81. The van der Waals surface area contributed by atoms with Gasteiger partial charge in [-0.05, 0) is 32.6 Å². The number of amides is 1. The zero-order chi connectivity index (χ0) is 14.1. The van der Waals surface area contributed by atoms with Crippen LogP contribution in [0.15, 0.2) is 0 Å². The topological polar surface area (TPSA) is 49.6 Å². The van der Waals surface area contributed by atoms with E-state index >= 15 is 0 Å². The van der Waals surface area contributed by atoms with Gasteiger partial charge in [0.15, 0.2) is 0 Å². The van der Waals surface area contributed by atoms with Crippen molar-refractivity contribution in [1.29, 1.82) is 0 Å². The van der Waals surface area contributed by atoms with Crippen LogP contribution >= 0.6 is 0 Å². The van der Waals surface area contributed by atoms with Crippen molar-refractivity contribution in [3.05, 3.63) is 0 Å². The lowest BCUT2D eigenvalue weighted by atomic mass is 9.79. The summed E-state index contributed by atoms with van der Waals surface area (Å²) in [6, 6.07) is 0.433. The third kappa shape index (κ3) is 3.23. The normalized spacial score (nSPS) is 26.1. The van der Waals surface area contributed by atoms with E-state index in [4.69, 9.17) is 5.73 Å². The molecule has 1 amide bonds. The fraction of sp³-hybridized carbons (Fsp3) is 0.929. The molecular weight excluding hydrogens is 226 g/mol. The van der Waals surface area contributed by atoms with Crippen LogP contribution in [0.2, 0.25) is 0 Å². The largest absolute Gasteiger partial charge is 0.342 e. The minimum atomic E-state index is -0.0517. The second-order valence-electron chi connectivity index (χ2n) is 6.57. The fourth-order valence-electron chi connectivity index (χ4n) is 2.45. The Hall–Kier alpha value is -0.610. The molecule has 1 rings (SSSR count). The quantitative estimate of drug-likeness (QED) is 0.827. The maximum absolute atomic E-state index is 12.3. The lowest BCUT2D eigenvalue weighted by Gasteiger charge is -2.45. The van der Waals surface area contributed by atoms with E-state index in [1.54, 1.807) is 0 Å². The van der Waals surface area contributed by atoms with Crippen molar-refractivity contribution in [1.82, 2.24) is 9.80 Å². The Morgan fingerprint density at radius 3 is 2.39 bits per heavy atom. The first-order chi connectivity index (χ1) is 8.16. The van der Waals surface area contributed by atoms with Gasteiger partial charge in [0.05, 0.1) is 6.04 Å². The summed E-state index contributed by atoms with van der Waals surface area (Å²) in [6.07, 6.45) is 0.968. The molecule has 0 aliphatic carbocycles. The summed E-state index contributed by atoms with van der Waals surface area (Å²) in [5.74, 6) is 0.205. The molecule has 0 saturated carbocycles. The third-order valence-corrected chi connectivity index (χ3v) is 4.37. The molecule has 1 aliphatic rings. The van der Waals surface area contributed by atoms with Crippen molar-refractivity contribution >= 4 is 5.91 Å². The standard InChI is InChI=1S/C14H29N3O/c1-10(2)16(6)13(18)11(3)17-8-7-12(15)14(4,5)9-17/h10-12H,7-9,15H2,1-6H3. The molecule has 1 fully saturated rings. The zero-order valence-corrected chi connectivity index (χ0v) is 12.7. The molecule has 0 spiro atoms. The summed E-state index contributed by atoms with van der Waals surface area (Å²) < 4.78 is 0. The number of nitrogens with two attached hydrogens (primary N) is 1. The number of piperidine rings is 1. The number of likely N-dealkylation sites (N-methyl/N-ethyl adjacent to an activating group) is 1. The van der Waals surface area contributed by atoms with E-state index in [9.17, 15) is 4.79 Å². The summed E-state index contributed by atoms with van der Waals surface area (Å²) in [7, 11) is 1.88. The summed E-state index contributed by atoms with van der Waals surface area (Å²) in [4.78, 5) is 16.4. The molecule has 0 radical (unpaired) electrons. The number of hydrogen-bond donors (Lipinski definition) is 1. The van der Waals surface area contributed by atoms with E-state index in [0.29, 0.717) is 0 Å². The molecule has 0 aromatic heterocycles. The van der Waals surface area contributed by atoms with E-state index in [-0.39, 0.29) is 29.4 Å². The number of carbonyl (C=O) groups excluding carboxylic acids is 1. The Morgan fingerprint density at radius 2 is 1.94 bits per heavy atom. The molecule has 2 unspecified atom stereocenters. The molecule has 2 atom stereocenters. The molecule has 1 aliphatic heterocycles. The average molecular weight is 255 g/mol. The predicted molar refractivity (Wildman–Crippen MR) is 75.3 cm³/mol. The third-order valence-electron chi connectivity index (χ3n) is 4.37.